The van der Waals surface area contributed by atoms with Gasteiger partial charge in [-0.15, -0.1) is 0 Å². The molecule has 1 heterocycles. The smallest absolute Gasteiger partial charge is 0.345 e. The Morgan fingerprint density at radius 3 is 1.88 bits per heavy atom. The third-order valence-electron chi connectivity index (χ3n) is 7.18. The SMILES string of the molecule is CCCCCCCCCCCCOc1ccc(-c2ccc(C(=O)Oc3ccc(OC[C@@H](C)CC)cc3)cn2)cc1. The van der Waals surface area contributed by atoms with Gasteiger partial charge in [0, 0.05) is 11.8 Å². The lowest BCUT2D eigenvalue weighted by Gasteiger charge is -2.11. The van der Waals surface area contributed by atoms with Gasteiger partial charge in [0.15, 0.2) is 0 Å². The van der Waals surface area contributed by atoms with Crippen molar-refractivity contribution in [2.75, 3.05) is 13.2 Å². The summed E-state index contributed by atoms with van der Waals surface area (Å²) in [5.74, 6) is 2.16. The van der Waals surface area contributed by atoms with Crippen LogP contribution in [0.15, 0.2) is 66.9 Å². The van der Waals surface area contributed by atoms with E-state index in [-0.39, 0.29) is 0 Å². The van der Waals surface area contributed by atoms with Crippen LogP contribution in [0, 0.1) is 5.92 Å². The Kier molecular flexibility index (Phi) is 14.1. The van der Waals surface area contributed by atoms with E-state index in [1.807, 2.05) is 42.5 Å². The first-order valence-electron chi connectivity index (χ1n) is 15.2. The zero-order chi connectivity index (χ0) is 28.4. The van der Waals surface area contributed by atoms with Crippen LogP contribution in [-0.2, 0) is 0 Å². The second-order valence-electron chi connectivity index (χ2n) is 10.7. The maximum Gasteiger partial charge on any atom is 0.345 e. The Balaban J connectivity index is 1.36. The predicted octanol–water partition coefficient (Wildman–Crippen LogP) is 9.69. The zero-order valence-electron chi connectivity index (χ0n) is 24.7. The first-order valence-corrected chi connectivity index (χ1v) is 15.2. The zero-order valence-corrected chi connectivity index (χ0v) is 24.7. The first-order chi connectivity index (χ1) is 19.6. The van der Waals surface area contributed by atoms with Crippen molar-refractivity contribution in [2.45, 2.75) is 91.4 Å². The summed E-state index contributed by atoms with van der Waals surface area (Å²) in [5.41, 5.74) is 2.16. The van der Waals surface area contributed by atoms with Crippen LogP contribution < -0.4 is 14.2 Å². The summed E-state index contributed by atoms with van der Waals surface area (Å²) in [6.07, 6.45) is 15.8. The molecule has 0 aliphatic rings. The summed E-state index contributed by atoms with van der Waals surface area (Å²) in [5, 5.41) is 0. The van der Waals surface area contributed by atoms with Gasteiger partial charge in [0.2, 0.25) is 0 Å². The van der Waals surface area contributed by atoms with E-state index in [4.69, 9.17) is 14.2 Å². The average molecular weight is 546 g/mol. The summed E-state index contributed by atoms with van der Waals surface area (Å²) < 4.78 is 17.2. The molecule has 0 spiro atoms. The topological polar surface area (TPSA) is 57.7 Å². The first kappa shape index (κ1) is 31.2. The van der Waals surface area contributed by atoms with Crippen molar-refractivity contribution in [3.8, 4) is 28.5 Å². The quantitative estimate of drug-likeness (QED) is 0.0852. The number of esters is 1. The van der Waals surface area contributed by atoms with E-state index in [0.29, 0.717) is 23.8 Å². The second kappa shape index (κ2) is 18.1. The fourth-order valence-electron chi connectivity index (χ4n) is 4.31. The number of ether oxygens (including phenoxy) is 3. The molecule has 5 heteroatoms. The van der Waals surface area contributed by atoms with Gasteiger partial charge in [0.05, 0.1) is 24.5 Å². The number of pyridine rings is 1. The highest BCUT2D eigenvalue weighted by molar-refractivity contribution is 5.91. The number of carbonyl (C=O) groups excluding carboxylic acids is 1. The van der Waals surface area contributed by atoms with Gasteiger partial charge in [-0.25, -0.2) is 4.79 Å². The molecule has 0 saturated heterocycles. The lowest BCUT2D eigenvalue weighted by molar-refractivity contribution is 0.0734. The van der Waals surface area contributed by atoms with Gasteiger partial charge in [-0.3, -0.25) is 4.98 Å². The summed E-state index contributed by atoms with van der Waals surface area (Å²) in [6.45, 7) is 7.98. The minimum absolute atomic E-state index is 0.400. The lowest BCUT2D eigenvalue weighted by atomic mass is 10.1. The van der Waals surface area contributed by atoms with Gasteiger partial charge in [0.25, 0.3) is 0 Å². The van der Waals surface area contributed by atoms with Crippen molar-refractivity contribution < 1.29 is 19.0 Å². The Morgan fingerprint density at radius 2 is 1.27 bits per heavy atom. The molecule has 0 bridgehead atoms. The van der Waals surface area contributed by atoms with E-state index in [0.717, 1.165) is 42.2 Å². The van der Waals surface area contributed by atoms with Gasteiger partial charge >= 0.3 is 5.97 Å². The minimum atomic E-state index is -0.442. The lowest BCUT2D eigenvalue weighted by Crippen LogP contribution is -2.09. The molecule has 1 atom stereocenters. The molecule has 0 unspecified atom stereocenters. The molecule has 0 amide bonds. The molecule has 0 saturated carbocycles. The molecule has 216 valence electrons. The van der Waals surface area contributed by atoms with Gasteiger partial charge in [-0.1, -0.05) is 85.0 Å². The Hall–Kier alpha value is -3.34. The number of carbonyl (C=O) groups is 1. The molecule has 3 rings (SSSR count). The molecule has 2 aromatic carbocycles. The summed E-state index contributed by atoms with van der Waals surface area (Å²) in [4.78, 5) is 17.1. The van der Waals surface area contributed by atoms with Crippen LogP contribution in [-0.4, -0.2) is 24.2 Å². The van der Waals surface area contributed by atoms with Crippen molar-refractivity contribution >= 4 is 5.97 Å². The summed E-state index contributed by atoms with van der Waals surface area (Å²) in [6, 6.07) is 18.6. The standard InChI is InChI=1S/C35H47NO4/c1-4-6-7-8-9-10-11-12-13-14-25-38-31-18-15-29(16-19-31)34-24-17-30(26-36-34)35(37)40-33-22-20-32(21-23-33)39-27-28(3)5-2/h15-24,26,28H,4-14,25,27H2,1-3H3/t28-/m0/s1. The number of hydrogen-bond acceptors (Lipinski definition) is 5. The van der Waals surface area contributed by atoms with Crippen molar-refractivity contribution in [1.29, 1.82) is 0 Å². The van der Waals surface area contributed by atoms with E-state index >= 15 is 0 Å². The number of rotatable bonds is 19. The number of nitrogens with zero attached hydrogens (tertiary/aromatic N) is 1. The maximum absolute atomic E-state index is 12.6. The second-order valence-corrected chi connectivity index (χ2v) is 10.7. The molecule has 5 nitrogen and oxygen atoms in total. The highest BCUT2D eigenvalue weighted by atomic mass is 16.5. The van der Waals surface area contributed by atoms with Crippen LogP contribution in [0.25, 0.3) is 11.3 Å². The molecular weight excluding hydrogens is 498 g/mol. The van der Waals surface area contributed by atoms with Crippen LogP contribution in [0.1, 0.15) is 102 Å². The van der Waals surface area contributed by atoms with Crippen LogP contribution in [0.3, 0.4) is 0 Å². The van der Waals surface area contributed by atoms with E-state index in [1.165, 1.54) is 57.8 Å². The maximum atomic E-state index is 12.6. The highest BCUT2D eigenvalue weighted by Gasteiger charge is 2.11. The molecular formula is C35H47NO4. The van der Waals surface area contributed by atoms with Crippen LogP contribution >= 0.6 is 0 Å². The van der Waals surface area contributed by atoms with Gasteiger partial charge in [0.1, 0.15) is 17.2 Å². The molecule has 0 aliphatic carbocycles. The predicted molar refractivity (Wildman–Crippen MR) is 163 cm³/mol. The third kappa shape index (κ3) is 11.4. The number of hydrogen-bond donors (Lipinski definition) is 0. The highest BCUT2D eigenvalue weighted by Crippen LogP contribution is 2.23. The minimum Gasteiger partial charge on any atom is -0.494 e. The molecule has 1 aromatic heterocycles. The molecule has 0 aliphatic heterocycles. The normalized spacial score (nSPS) is 11.7. The Bertz CT molecular complexity index is 1090. The average Bonchev–Trinajstić information content (AvgIpc) is 2.99. The van der Waals surface area contributed by atoms with Crippen LogP contribution in [0.4, 0.5) is 0 Å². The fourth-order valence-corrected chi connectivity index (χ4v) is 4.31. The largest absolute Gasteiger partial charge is 0.494 e. The fraction of sp³-hybridized carbons (Fsp3) is 0.486. The monoisotopic (exact) mass is 545 g/mol. The van der Waals surface area contributed by atoms with Crippen molar-refractivity contribution in [3.63, 3.8) is 0 Å². The number of aromatic nitrogens is 1. The Labute approximate surface area is 241 Å². The van der Waals surface area contributed by atoms with Crippen molar-refractivity contribution in [1.82, 2.24) is 4.98 Å². The van der Waals surface area contributed by atoms with E-state index in [2.05, 4.69) is 25.8 Å². The van der Waals surface area contributed by atoms with Gasteiger partial charge < -0.3 is 14.2 Å². The third-order valence-corrected chi connectivity index (χ3v) is 7.18. The molecule has 0 fully saturated rings. The number of benzene rings is 2. The molecule has 0 N–H and O–H groups in total. The van der Waals surface area contributed by atoms with Gasteiger partial charge in [-0.2, -0.15) is 0 Å². The van der Waals surface area contributed by atoms with E-state index in [1.54, 1.807) is 24.4 Å². The molecule has 0 radical (unpaired) electrons. The van der Waals surface area contributed by atoms with Crippen LogP contribution in [0.5, 0.6) is 17.2 Å². The van der Waals surface area contributed by atoms with Gasteiger partial charge in [-0.05, 0) is 73.0 Å². The molecule has 40 heavy (non-hydrogen) atoms. The van der Waals surface area contributed by atoms with E-state index < -0.39 is 5.97 Å². The number of unbranched alkanes of at least 4 members (excludes halogenated alkanes) is 9. The summed E-state index contributed by atoms with van der Waals surface area (Å²) in [7, 11) is 0. The Morgan fingerprint density at radius 1 is 0.700 bits per heavy atom. The van der Waals surface area contributed by atoms with Crippen molar-refractivity contribution in [2.24, 2.45) is 5.92 Å². The van der Waals surface area contributed by atoms with Crippen molar-refractivity contribution in [3.05, 3.63) is 72.4 Å². The molecule has 3 aromatic rings. The van der Waals surface area contributed by atoms with Crippen LogP contribution in [0.2, 0.25) is 0 Å². The summed E-state index contributed by atoms with van der Waals surface area (Å²) >= 11 is 0. The van der Waals surface area contributed by atoms with E-state index in [9.17, 15) is 4.79 Å².